The molecule has 9 heteroatoms. The zero-order valence-electron chi connectivity index (χ0n) is 14.5. The summed E-state index contributed by atoms with van der Waals surface area (Å²) in [4.78, 5) is 32.4. The average Bonchev–Trinajstić information content (AvgIpc) is 2.63. The van der Waals surface area contributed by atoms with E-state index in [-0.39, 0.29) is 23.6 Å². The number of ether oxygens (including phenoxy) is 1. The Morgan fingerprint density at radius 2 is 2.04 bits per heavy atom. The molecule has 0 aliphatic carbocycles. The predicted molar refractivity (Wildman–Crippen MR) is 98.1 cm³/mol. The molecule has 0 atom stereocenters. The Hall–Kier alpha value is -3.44. The van der Waals surface area contributed by atoms with E-state index in [9.17, 15) is 9.59 Å². The first kappa shape index (κ1) is 18.4. The Morgan fingerprint density at radius 3 is 2.74 bits per heavy atom. The minimum Gasteiger partial charge on any atom is -0.450 e. The first-order valence-corrected chi connectivity index (χ1v) is 8.21. The summed E-state index contributed by atoms with van der Waals surface area (Å²) >= 11 is 5.97. The van der Waals surface area contributed by atoms with Crippen LogP contribution in [0, 0.1) is 18.3 Å². The van der Waals surface area contributed by atoms with Gasteiger partial charge in [-0.1, -0.05) is 11.6 Å². The van der Waals surface area contributed by atoms with E-state index in [1.54, 1.807) is 20.2 Å². The van der Waals surface area contributed by atoms with E-state index in [1.807, 2.05) is 6.07 Å². The van der Waals surface area contributed by atoms with E-state index in [4.69, 9.17) is 21.6 Å². The number of benzene rings is 1. The molecule has 136 valence electrons. The molecular weight excluding hydrogens is 370 g/mol. The number of rotatable bonds is 4. The van der Waals surface area contributed by atoms with E-state index in [0.717, 1.165) is 0 Å². The third-order valence-electron chi connectivity index (χ3n) is 3.76. The molecule has 0 saturated heterocycles. The van der Waals surface area contributed by atoms with Gasteiger partial charge in [-0.25, -0.2) is 4.98 Å². The van der Waals surface area contributed by atoms with Crippen molar-refractivity contribution in [3.8, 4) is 17.6 Å². The van der Waals surface area contributed by atoms with Gasteiger partial charge >= 0.3 is 0 Å². The Balaban J connectivity index is 1.97. The Kier molecular flexibility index (Phi) is 5.05. The van der Waals surface area contributed by atoms with Gasteiger partial charge in [0.1, 0.15) is 5.75 Å². The molecular formula is C18H14ClN5O3. The van der Waals surface area contributed by atoms with Crippen LogP contribution in [0.5, 0.6) is 11.5 Å². The van der Waals surface area contributed by atoms with Gasteiger partial charge in [0.25, 0.3) is 11.1 Å². The number of halogens is 1. The van der Waals surface area contributed by atoms with E-state index in [2.05, 4.69) is 9.97 Å². The third kappa shape index (κ3) is 4.04. The molecule has 0 unspecified atom stereocenters. The van der Waals surface area contributed by atoms with Crippen LogP contribution >= 0.6 is 11.6 Å². The Labute approximate surface area is 158 Å². The molecule has 0 amide bonds. The van der Waals surface area contributed by atoms with Crippen LogP contribution in [0.2, 0.25) is 5.02 Å². The number of hydrogen-bond donors (Lipinski definition) is 0. The highest BCUT2D eigenvalue weighted by molar-refractivity contribution is 6.30. The second-order valence-electron chi connectivity index (χ2n) is 5.81. The van der Waals surface area contributed by atoms with Crippen molar-refractivity contribution in [1.82, 2.24) is 19.1 Å². The summed E-state index contributed by atoms with van der Waals surface area (Å²) < 4.78 is 8.38. The lowest BCUT2D eigenvalue weighted by Gasteiger charge is -2.11. The van der Waals surface area contributed by atoms with Crippen molar-refractivity contribution in [2.24, 2.45) is 7.05 Å². The molecule has 0 saturated carbocycles. The van der Waals surface area contributed by atoms with Crippen LogP contribution < -0.4 is 15.9 Å². The highest BCUT2D eigenvalue weighted by Gasteiger charge is 2.13. The maximum atomic E-state index is 12.8. The lowest BCUT2D eigenvalue weighted by Crippen LogP contribution is -2.25. The first-order chi connectivity index (χ1) is 12.9. The van der Waals surface area contributed by atoms with E-state index in [1.165, 1.54) is 39.9 Å². The van der Waals surface area contributed by atoms with E-state index >= 15 is 0 Å². The predicted octanol–water partition coefficient (Wildman–Crippen LogP) is 2.01. The van der Waals surface area contributed by atoms with Gasteiger partial charge in [-0.15, -0.1) is 0 Å². The van der Waals surface area contributed by atoms with Gasteiger partial charge in [-0.3, -0.25) is 19.1 Å². The summed E-state index contributed by atoms with van der Waals surface area (Å²) in [6, 6.07) is 6.46. The topological polar surface area (TPSA) is 103 Å². The summed E-state index contributed by atoms with van der Waals surface area (Å²) in [6.07, 6.45) is 4.12. The minimum absolute atomic E-state index is 0.0217. The maximum absolute atomic E-state index is 12.8. The van der Waals surface area contributed by atoms with Gasteiger partial charge in [-0.05, 0) is 25.1 Å². The van der Waals surface area contributed by atoms with Crippen molar-refractivity contribution in [3.63, 3.8) is 0 Å². The van der Waals surface area contributed by atoms with Crippen LogP contribution in [0.1, 0.15) is 17.0 Å². The van der Waals surface area contributed by atoms with Crippen LogP contribution in [0.15, 0.2) is 46.5 Å². The Morgan fingerprint density at radius 1 is 1.26 bits per heavy atom. The van der Waals surface area contributed by atoms with Gasteiger partial charge < -0.3 is 9.30 Å². The SMILES string of the molecule is Cc1ncn(Cc2cn(C)c(=O)cn2)c(=O)c1Oc1cc(Cl)cc(C#N)c1. The van der Waals surface area contributed by atoms with Crippen molar-refractivity contribution in [2.45, 2.75) is 13.5 Å². The van der Waals surface area contributed by atoms with Gasteiger partial charge in [0.15, 0.2) is 0 Å². The number of nitriles is 1. The van der Waals surface area contributed by atoms with Crippen LogP contribution in [0.3, 0.4) is 0 Å². The molecule has 8 nitrogen and oxygen atoms in total. The smallest absolute Gasteiger partial charge is 0.296 e. The average molecular weight is 384 g/mol. The molecule has 0 fully saturated rings. The zero-order chi connectivity index (χ0) is 19.6. The minimum atomic E-state index is -0.420. The van der Waals surface area contributed by atoms with Crippen molar-refractivity contribution in [1.29, 1.82) is 5.26 Å². The van der Waals surface area contributed by atoms with Gasteiger partial charge in [0, 0.05) is 18.3 Å². The largest absolute Gasteiger partial charge is 0.450 e. The summed E-state index contributed by atoms with van der Waals surface area (Å²) in [6.45, 7) is 1.76. The molecule has 0 aliphatic heterocycles. The fraction of sp³-hybridized carbons (Fsp3) is 0.167. The first-order valence-electron chi connectivity index (χ1n) is 7.83. The summed E-state index contributed by atoms with van der Waals surface area (Å²) in [5, 5.41) is 9.36. The molecule has 0 bridgehead atoms. The lowest BCUT2D eigenvalue weighted by atomic mass is 10.2. The third-order valence-corrected chi connectivity index (χ3v) is 3.98. The summed E-state index contributed by atoms with van der Waals surface area (Å²) in [5.41, 5.74) is 0.560. The molecule has 27 heavy (non-hydrogen) atoms. The number of nitrogens with zero attached hydrogens (tertiary/aromatic N) is 5. The van der Waals surface area contributed by atoms with E-state index < -0.39 is 5.56 Å². The van der Waals surface area contributed by atoms with Gasteiger partial charge in [0.05, 0.1) is 42.1 Å². The molecule has 0 aliphatic rings. The molecule has 1 aromatic carbocycles. The second kappa shape index (κ2) is 7.43. The maximum Gasteiger partial charge on any atom is 0.296 e. The summed E-state index contributed by atoms with van der Waals surface area (Å²) in [7, 11) is 1.60. The van der Waals surface area contributed by atoms with Gasteiger partial charge in [-0.2, -0.15) is 5.26 Å². The van der Waals surface area contributed by atoms with Crippen LogP contribution in [-0.2, 0) is 13.6 Å². The monoisotopic (exact) mass is 383 g/mol. The fourth-order valence-electron chi connectivity index (χ4n) is 2.39. The standard InChI is InChI=1S/C18H14ClN5O3/c1-11-17(27-15-4-12(6-20)3-13(19)5-15)18(26)24(10-22-11)9-14-8-23(2)16(25)7-21-14/h3-5,7-8,10H,9H2,1-2H3. The highest BCUT2D eigenvalue weighted by Crippen LogP contribution is 2.25. The lowest BCUT2D eigenvalue weighted by molar-refractivity contribution is 0.457. The number of aryl methyl sites for hydroxylation is 2. The van der Waals surface area contributed by atoms with Gasteiger partial charge in [0.2, 0.25) is 5.75 Å². The van der Waals surface area contributed by atoms with Crippen molar-refractivity contribution < 1.29 is 4.74 Å². The number of hydrogen-bond acceptors (Lipinski definition) is 6. The fourth-order valence-corrected chi connectivity index (χ4v) is 2.62. The van der Waals surface area contributed by atoms with Crippen LogP contribution in [-0.4, -0.2) is 19.1 Å². The van der Waals surface area contributed by atoms with Crippen molar-refractivity contribution in [2.75, 3.05) is 0 Å². The molecule has 3 aromatic rings. The van der Waals surface area contributed by atoms with Crippen LogP contribution in [0.25, 0.3) is 0 Å². The molecule has 3 rings (SSSR count). The quantitative estimate of drug-likeness (QED) is 0.682. The van der Waals surface area contributed by atoms with E-state index in [0.29, 0.717) is 22.0 Å². The Bertz CT molecular complexity index is 1180. The normalized spacial score (nSPS) is 10.4. The molecule has 0 radical (unpaired) electrons. The molecule has 2 heterocycles. The number of aromatic nitrogens is 4. The molecule has 0 N–H and O–H groups in total. The second-order valence-corrected chi connectivity index (χ2v) is 6.25. The zero-order valence-corrected chi connectivity index (χ0v) is 15.3. The molecule has 2 aromatic heterocycles. The van der Waals surface area contributed by atoms with Crippen molar-refractivity contribution >= 4 is 11.6 Å². The summed E-state index contributed by atoms with van der Waals surface area (Å²) in [5.74, 6) is 0.285. The highest BCUT2D eigenvalue weighted by atomic mass is 35.5. The van der Waals surface area contributed by atoms with Crippen LogP contribution in [0.4, 0.5) is 0 Å². The van der Waals surface area contributed by atoms with Crippen molar-refractivity contribution in [3.05, 3.63) is 79.6 Å². The molecule has 0 spiro atoms.